The van der Waals surface area contributed by atoms with E-state index in [4.69, 9.17) is 25.8 Å². The molecule has 0 atom stereocenters. The van der Waals surface area contributed by atoms with Gasteiger partial charge < -0.3 is 24.0 Å². The zero-order chi connectivity index (χ0) is 19.9. The molecule has 1 aromatic heterocycles. The van der Waals surface area contributed by atoms with Crippen LogP contribution in [0, 0.1) is 0 Å². The number of methoxy groups -OCH3 is 1. The number of carbonyl (C=O) groups is 1. The van der Waals surface area contributed by atoms with Crippen molar-refractivity contribution in [3.05, 3.63) is 35.0 Å². The molecule has 152 valence electrons. The van der Waals surface area contributed by atoms with E-state index in [-0.39, 0.29) is 6.03 Å². The normalized spacial score (nSPS) is 14.3. The number of fused-ring (bicyclic) bond motifs is 1. The van der Waals surface area contributed by atoms with E-state index in [1.54, 1.807) is 16.9 Å². The molecule has 1 aliphatic rings. The van der Waals surface area contributed by atoms with Gasteiger partial charge in [0.15, 0.2) is 0 Å². The number of morpholine rings is 1. The van der Waals surface area contributed by atoms with Crippen molar-refractivity contribution < 1.29 is 19.0 Å². The topological polar surface area (TPSA) is 64.1 Å². The molecule has 1 saturated heterocycles. The molecule has 28 heavy (non-hydrogen) atoms. The second-order valence-corrected chi connectivity index (χ2v) is 6.88. The first kappa shape index (κ1) is 20.6. The third kappa shape index (κ3) is 5.04. The van der Waals surface area contributed by atoms with E-state index in [2.05, 4.69) is 4.98 Å². The van der Waals surface area contributed by atoms with Crippen LogP contribution < -0.4 is 4.74 Å². The van der Waals surface area contributed by atoms with Crippen LogP contribution in [0.25, 0.3) is 10.9 Å². The van der Waals surface area contributed by atoms with E-state index in [9.17, 15) is 4.79 Å². The highest BCUT2D eigenvalue weighted by Crippen LogP contribution is 2.25. The minimum atomic E-state index is -0.0421. The highest BCUT2D eigenvalue weighted by Gasteiger charge is 2.24. The van der Waals surface area contributed by atoms with Crippen LogP contribution in [0.3, 0.4) is 0 Å². The smallest absolute Gasteiger partial charge is 0.320 e. The van der Waals surface area contributed by atoms with Crippen molar-refractivity contribution in [2.45, 2.75) is 13.5 Å². The van der Waals surface area contributed by atoms with Gasteiger partial charge in [0, 0.05) is 37.7 Å². The van der Waals surface area contributed by atoms with Crippen LogP contribution in [-0.4, -0.2) is 74.0 Å². The lowest BCUT2D eigenvalue weighted by molar-refractivity contribution is 0.0399. The second kappa shape index (κ2) is 9.91. The third-order valence-electron chi connectivity index (χ3n) is 4.60. The van der Waals surface area contributed by atoms with Crippen LogP contribution in [0.15, 0.2) is 24.3 Å². The molecule has 0 radical (unpaired) electrons. The molecule has 0 N–H and O–H groups in total. The minimum Gasteiger partial charge on any atom is -0.494 e. The molecule has 0 saturated carbocycles. The van der Waals surface area contributed by atoms with Gasteiger partial charge in [-0.15, -0.1) is 0 Å². The van der Waals surface area contributed by atoms with Crippen LogP contribution in [0.1, 0.15) is 12.5 Å². The Balaban J connectivity index is 1.84. The van der Waals surface area contributed by atoms with Gasteiger partial charge >= 0.3 is 6.03 Å². The van der Waals surface area contributed by atoms with Gasteiger partial charge in [-0.05, 0) is 31.2 Å². The zero-order valence-electron chi connectivity index (χ0n) is 16.3. The minimum absolute atomic E-state index is 0.0421. The fourth-order valence-electron chi connectivity index (χ4n) is 3.15. The van der Waals surface area contributed by atoms with Gasteiger partial charge in [0.25, 0.3) is 0 Å². The molecular weight excluding hydrogens is 382 g/mol. The van der Waals surface area contributed by atoms with Gasteiger partial charge in [-0.3, -0.25) is 0 Å². The maximum absolute atomic E-state index is 13.0. The molecule has 0 aliphatic carbocycles. The van der Waals surface area contributed by atoms with Crippen molar-refractivity contribution in [2.24, 2.45) is 0 Å². The van der Waals surface area contributed by atoms with Gasteiger partial charge in [0.1, 0.15) is 10.9 Å². The molecular formula is C20H26ClN3O4. The van der Waals surface area contributed by atoms with Crippen molar-refractivity contribution in [1.82, 2.24) is 14.8 Å². The summed E-state index contributed by atoms with van der Waals surface area (Å²) < 4.78 is 16.1. The summed E-state index contributed by atoms with van der Waals surface area (Å²) in [7, 11) is 1.62. The summed E-state index contributed by atoms with van der Waals surface area (Å²) in [5.74, 6) is 0.783. The molecule has 8 heteroatoms. The van der Waals surface area contributed by atoms with Crippen LogP contribution >= 0.6 is 11.6 Å². The van der Waals surface area contributed by atoms with Gasteiger partial charge in [-0.25, -0.2) is 9.78 Å². The number of pyridine rings is 1. The fourth-order valence-corrected chi connectivity index (χ4v) is 3.35. The Labute approximate surface area is 170 Å². The number of ether oxygens (including phenoxy) is 3. The van der Waals surface area contributed by atoms with E-state index in [1.807, 2.05) is 31.2 Å². The molecule has 2 amide bonds. The maximum atomic E-state index is 13.0. The monoisotopic (exact) mass is 407 g/mol. The summed E-state index contributed by atoms with van der Waals surface area (Å²) in [6.45, 7) is 6.11. The van der Waals surface area contributed by atoms with Crippen molar-refractivity contribution in [3.8, 4) is 5.75 Å². The summed E-state index contributed by atoms with van der Waals surface area (Å²) >= 11 is 6.43. The molecule has 3 rings (SSSR count). The lowest BCUT2D eigenvalue weighted by Crippen LogP contribution is -2.48. The largest absolute Gasteiger partial charge is 0.494 e. The summed E-state index contributed by atoms with van der Waals surface area (Å²) in [5.41, 5.74) is 1.58. The van der Waals surface area contributed by atoms with Gasteiger partial charge in [-0.1, -0.05) is 11.6 Å². The maximum Gasteiger partial charge on any atom is 0.320 e. The fraction of sp³-hybridized carbons (Fsp3) is 0.500. The lowest BCUT2D eigenvalue weighted by atomic mass is 10.1. The average Bonchev–Trinajstić information content (AvgIpc) is 2.72. The van der Waals surface area contributed by atoms with Crippen molar-refractivity contribution in [2.75, 3.05) is 53.2 Å². The summed E-state index contributed by atoms with van der Waals surface area (Å²) in [6, 6.07) is 7.63. The van der Waals surface area contributed by atoms with Crippen LogP contribution in [0.2, 0.25) is 5.15 Å². The first-order valence-electron chi connectivity index (χ1n) is 9.45. The number of amides is 2. The lowest BCUT2D eigenvalue weighted by Gasteiger charge is -2.33. The molecule has 1 aliphatic heterocycles. The number of aromatic nitrogens is 1. The highest BCUT2D eigenvalue weighted by atomic mass is 35.5. The quantitative estimate of drug-likeness (QED) is 0.659. The number of urea groups is 1. The Morgan fingerprint density at radius 2 is 2.11 bits per heavy atom. The molecule has 1 fully saturated rings. The van der Waals surface area contributed by atoms with E-state index in [0.717, 1.165) is 22.2 Å². The van der Waals surface area contributed by atoms with Crippen molar-refractivity contribution in [1.29, 1.82) is 0 Å². The Bertz CT molecular complexity index is 811. The number of hydrogen-bond donors (Lipinski definition) is 0. The second-order valence-electron chi connectivity index (χ2n) is 6.52. The molecule has 2 heterocycles. The van der Waals surface area contributed by atoms with Gasteiger partial charge in [0.2, 0.25) is 0 Å². The first-order chi connectivity index (χ1) is 13.6. The Morgan fingerprint density at radius 1 is 1.32 bits per heavy atom. The first-order valence-corrected chi connectivity index (χ1v) is 9.82. The highest BCUT2D eigenvalue weighted by molar-refractivity contribution is 6.30. The van der Waals surface area contributed by atoms with Crippen LogP contribution in [0.4, 0.5) is 4.79 Å². The molecule has 7 nitrogen and oxygen atoms in total. The Kier molecular flexibility index (Phi) is 7.30. The predicted octanol–water partition coefficient (Wildman–Crippen LogP) is 3.19. The predicted molar refractivity (Wildman–Crippen MR) is 108 cm³/mol. The van der Waals surface area contributed by atoms with Crippen molar-refractivity contribution >= 4 is 28.5 Å². The third-order valence-corrected chi connectivity index (χ3v) is 4.93. The average molecular weight is 408 g/mol. The SMILES string of the molecule is CCOc1ccc2nc(Cl)c(CN(CCOC)C(=O)N3CCOCC3)cc2c1. The molecule has 0 bridgehead atoms. The van der Waals surface area contributed by atoms with Crippen LogP contribution in [0.5, 0.6) is 5.75 Å². The number of halogens is 1. The Hall–Kier alpha value is -2.09. The molecule has 0 unspecified atom stereocenters. The van der Waals surface area contributed by atoms with Crippen molar-refractivity contribution in [3.63, 3.8) is 0 Å². The van der Waals surface area contributed by atoms with E-state index < -0.39 is 0 Å². The zero-order valence-corrected chi connectivity index (χ0v) is 17.1. The molecule has 0 spiro atoms. The van der Waals surface area contributed by atoms with E-state index >= 15 is 0 Å². The Morgan fingerprint density at radius 3 is 2.82 bits per heavy atom. The number of carbonyl (C=O) groups excluding carboxylic acids is 1. The molecule has 1 aromatic carbocycles. The van der Waals surface area contributed by atoms with E-state index in [1.165, 1.54) is 0 Å². The standard InChI is InChI=1S/C20H26ClN3O4/c1-3-28-17-4-5-18-15(13-17)12-16(19(21)22-18)14-24(6-9-26-2)20(25)23-7-10-27-11-8-23/h4-5,12-13H,3,6-11,14H2,1-2H3. The summed E-state index contributed by atoms with van der Waals surface area (Å²) in [4.78, 5) is 21.0. The van der Waals surface area contributed by atoms with Crippen LogP contribution in [-0.2, 0) is 16.0 Å². The van der Waals surface area contributed by atoms with Gasteiger partial charge in [-0.2, -0.15) is 0 Å². The van der Waals surface area contributed by atoms with E-state index in [0.29, 0.717) is 57.8 Å². The number of benzene rings is 1. The number of rotatable bonds is 7. The molecule has 2 aromatic rings. The number of hydrogen-bond acceptors (Lipinski definition) is 5. The summed E-state index contributed by atoms with van der Waals surface area (Å²) in [6.07, 6.45) is 0. The summed E-state index contributed by atoms with van der Waals surface area (Å²) in [5, 5.41) is 1.32. The van der Waals surface area contributed by atoms with Gasteiger partial charge in [0.05, 0.1) is 38.5 Å². The number of nitrogens with zero attached hydrogens (tertiary/aromatic N) is 3.